The van der Waals surface area contributed by atoms with Gasteiger partial charge in [0, 0.05) is 18.8 Å². The highest BCUT2D eigenvalue weighted by atomic mass is 16.3. The minimum Gasteiger partial charge on any atom is -0.507 e. The molecule has 0 unspecified atom stereocenters. The van der Waals surface area contributed by atoms with Crippen LogP contribution in [0.3, 0.4) is 0 Å². The van der Waals surface area contributed by atoms with Crippen LogP contribution in [0.15, 0.2) is 42.5 Å². The number of para-hydroxylation sites is 1. The molecule has 1 heterocycles. The molecule has 0 spiro atoms. The normalized spacial score (nSPS) is 13.4. The zero-order chi connectivity index (χ0) is 13.4. The van der Waals surface area contributed by atoms with Crippen LogP contribution in [0.2, 0.25) is 0 Å². The number of benzene rings is 2. The van der Waals surface area contributed by atoms with Crippen LogP contribution in [0.5, 0.6) is 5.75 Å². The maximum atomic E-state index is 12.4. The lowest BCUT2D eigenvalue weighted by molar-refractivity contribution is 0.0748. The molecule has 0 aromatic heterocycles. The smallest absolute Gasteiger partial charge is 0.258 e. The molecule has 19 heavy (non-hydrogen) atoms. The molecule has 4 heteroatoms. The largest absolute Gasteiger partial charge is 0.507 e. The van der Waals surface area contributed by atoms with Crippen molar-refractivity contribution < 1.29 is 9.90 Å². The molecule has 0 radical (unpaired) electrons. The second kappa shape index (κ2) is 4.31. The van der Waals surface area contributed by atoms with Gasteiger partial charge >= 0.3 is 0 Å². The number of hydrogen-bond donors (Lipinski definition) is 2. The molecule has 4 nitrogen and oxygen atoms in total. The molecule has 0 saturated carbocycles. The number of amides is 1. The van der Waals surface area contributed by atoms with Crippen LogP contribution in [0.1, 0.15) is 21.5 Å². The summed E-state index contributed by atoms with van der Waals surface area (Å²) in [7, 11) is 0. The van der Waals surface area contributed by atoms with Gasteiger partial charge in [0.15, 0.2) is 0 Å². The van der Waals surface area contributed by atoms with Gasteiger partial charge in [0.25, 0.3) is 5.91 Å². The van der Waals surface area contributed by atoms with E-state index in [0.717, 1.165) is 11.1 Å². The number of fused-ring (bicyclic) bond motifs is 1. The first kappa shape index (κ1) is 11.6. The van der Waals surface area contributed by atoms with Crippen LogP contribution < -0.4 is 5.73 Å². The second-order valence-electron chi connectivity index (χ2n) is 4.71. The maximum absolute atomic E-state index is 12.4. The topological polar surface area (TPSA) is 66.6 Å². The van der Waals surface area contributed by atoms with Crippen LogP contribution in [-0.2, 0) is 13.1 Å². The van der Waals surface area contributed by atoms with E-state index in [1.807, 2.05) is 18.2 Å². The molecule has 1 aliphatic rings. The number of nitrogens with two attached hydrogens (primary N) is 1. The third-order valence-corrected chi connectivity index (χ3v) is 3.37. The fraction of sp³-hybridized carbons (Fsp3) is 0.133. The first-order valence-corrected chi connectivity index (χ1v) is 6.09. The summed E-state index contributed by atoms with van der Waals surface area (Å²) >= 11 is 0. The Hall–Kier alpha value is -2.49. The average Bonchev–Trinajstić information content (AvgIpc) is 2.81. The number of phenols is 1. The summed E-state index contributed by atoms with van der Waals surface area (Å²) in [4.78, 5) is 14.1. The first-order valence-electron chi connectivity index (χ1n) is 6.09. The van der Waals surface area contributed by atoms with E-state index in [9.17, 15) is 9.90 Å². The highest BCUT2D eigenvalue weighted by Crippen LogP contribution is 2.27. The number of nitrogens with zero attached hydrogens (tertiary/aromatic N) is 1. The van der Waals surface area contributed by atoms with Crippen LogP contribution in [0.4, 0.5) is 5.69 Å². The predicted octanol–water partition coefficient (Wildman–Crippen LogP) is 2.13. The summed E-state index contributed by atoms with van der Waals surface area (Å²) in [5, 5.41) is 9.73. The third kappa shape index (κ3) is 2.01. The predicted molar refractivity (Wildman–Crippen MR) is 72.5 cm³/mol. The third-order valence-electron chi connectivity index (χ3n) is 3.37. The minimum absolute atomic E-state index is 0.0166. The summed E-state index contributed by atoms with van der Waals surface area (Å²) in [6.07, 6.45) is 0. The average molecular weight is 254 g/mol. The number of nitrogen functional groups attached to an aromatic ring is 1. The van der Waals surface area contributed by atoms with Crippen molar-refractivity contribution in [3.05, 3.63) is 59.2 Å². The standard InChI is InChI=1S/C15H14N2O2/c16-12-6-5-10-8-17(9-11(10)7-12)15(19)13-3-1-2-4-14(13)18/h1-7,18H,8-9,16H2. The molecule has 2 aromatic rings. The lowest BCUT2D eigenvalue weighted by Crippen LogP contribution is -2.25. The van der Waals surface area contributed by atoms with Crippen molar-refractivity contribution in [3.63, 3.8) is 0 Å². The van der Waals surface area contributed by atoms with Crippen molar-refractivity contribution in [2.24, 2.45) is 0 Å². The Bertz CT molecular complexity index is 652. The molecule has 0 fully saturated rings. The maximum Gasteiger partial charge on any atom is 0.258 e. The van der Waals surface area contributed by atoms with Gasteiger partial charge in [-0.05, 0) is 35.4 Å². The van der Waals surface area contributed by atoms with Gasteiger partial charge in [-0.1, -0.05) is 18.2 Å². The number of anilines is 1. The molecule has 96 valence electrons. The number of aromatic hydroxyl groups is 1. The lowest BCUT2D eigenvalue weighted by atomic mass is 10.1. The Morgan fingerprint density at radius 2 is 1.84 bits per heavy atom. The van der Waals surface area contributed by atoms with Gasteiger partial charge in [-0.3, -0.25) is 4.79 Å². The number of carbonyl (C=O) groups excluding carboxylic acids is 1. The Balaban J connectivity index is 1.87. The van der Waals surface area contributed by atoms with Gasteiger partial charge in [0.2, 0.25) is 0 Å². The van der Waals surface area contributed by atoms with Gasteiger partial charge in [-0.15, -0.1) is 0 Å². The molecule has 0 aliphatic carbocycles. The second-order valence-corrected chi connectivity index (χ2v) is 4.71. The first-order chi connectivity index (χ1) is 9.15. The monoisotopic (exact) mass is 254 g/mol. The van der Waals surface area contributed by atoms with Crippen molar-refractivity contribution >= 4 is 11.6 Å². The zero-order valence-corrected chi connectivity index (χ0v) is 10.3. The molecule has 3 N–H and O–H groups in total. The minimum atomic E-state index is -0.159. The van der Waals surface area contributed by atoms with E-state index >= 15 is 0 Å². The number of hydrogen-bond acceptors (Lipinski definition) is 3. The van der Waals surface area contributed by atoms with E-state index in [1.165, 1.54) is 6.07 Å². The molecule has 0 bridgehead atoms. The van der Waals surface area contributed by atoms with E-state index in [-0.39, 0.29) is 11.7 Å². The summed E-state index contributed by atoms with van der Waals surface area (Å²) in [6.45, 7) is 1.09. The van der Waals surface area contributed by atoms with Crippen LogP contribution in [0, 0.1) is 0 Å². The molecule has 0 saturated heterocycles. The lowest BCUT2D eigenvalue weighted by Gasteiger charge is -2.16. The molecule has 1 amide bonds. The highest BCUT2D eigenvalue weighted by Gasteiger charge is 2.25. The van der Waals surface area contributed by atoms with E-state index in [2.05, 4.69) is 0 Å². The van der Waals surface area contributed by atoms with E-state index < -0.39 is 0 Å². The van der Waals surface area contributed by atoms with Gasteiger partial charge in [-0.25, -0.2) is 0 Å². The zero-order valence-electron chi connectivity index (χ0n) is 10.3. The molecule has 3 rings (SSSR count). The van der Waals surface area contributed by atoms with Gasteiger partial charge in [-0.2, -0.15) is 0 Å². The van der Waals surface area contributed by atoms with E-state index in [4.69, 9.17) is 5.73 Å². The summed E-state index contributed by atoms with van der Waals surface area (Å²) in [6, 6.07) is 12.3. The summed E-state index contributed by atoms with van der Waals surface area (Å²) < 4.78 is 0. The Morgan fingerprint density at radius 3 is 2.63 bits per heavy atom. The quantitative estimate of drug-likeness (QED) is 0.766. The Kier molecular flexibility index (Phi) is 2.63. The van der Waals surface area contributed by atoms with Crippen molar-refractivity contribution in [2.75, 3.05) is 5.73 Å². The van der Waals surface area contributed by atoms with Gasteiger partial charge in [0.05, 0.1) is 5.56 Å². The molecule has 1 aliphatic heterocycles. The van der Waals surface area contributed by atoms with Crippen molar-refractivity contribution in [1.82, 2.24) is 4.90 Å². The van der Waals surface area contributed by atoms with Crippen molar-refractivity contribution in [3.8, 4) is 5.75 Å². The summed E-state index contributed by atoms with van der Waals surface area (Å²) in [5.41, 5.74) is 8.97. The Labute approximate surface area is 111 Å². The van der Waals surface area contributed by atoms with Crippen LogP contribution in [-0.4, -0.2) is 15.9 Å². The highest BCUT2D eigenvalue weighted by molar-refractivity contribution is 5.97. The number of phenolic OH excluding ortho intramolecular Hbond substituents is 1. The van der Waals surface area contributed by atoms with Crippen LogP contribution in [0.25, 0.3) is 0 Å². The number of carbonyl (C=O) groups is 1. The van der Waals surface area contributed by atoms with Crippen LogP contribution >= 0.6 is 0 Å². The molecule has 2 aromatic carbocycles. The fourth-order valence-electron chi connectivity index (χ4n) is 2.38. The Morgan fingerprint density at radius 1 is 1.11 bits per heavy atom. The number of rotatable bonds is 1. The summed E-state index contributed by atoms with van der Waals surface area (Å²) in [5.74, 6) is -0.143. The van der Waals surface area contributed by atoms with Crippen molar-refractivity contribution in [1.29, 1.82) is 0 Å². The van der Waals surface area contributed by atoms with Gasteiger partial charge in [0.1, 0.15) is 5.75 Å². The van der Waals surface area contributed by atoms with E-state index in [1.54, 1.807) is 23.1 Å². The SMILES string of the molecule is Nc1ccc2c(c1)CN(C(=O)c1ccccc1O)C2. The van der Waals surface area contributed by atoms with Gasteiger partial charge < -0.3 is 15.7 Å². The van der Waals surface area contributed by atoms with Crippen molar-refractivity contribution in [2.45, 2.75) is 13.1 Å². The van der Waals surface area contributed by atoms with E-state index in [0.29, 0.717) is 24.3 Å². The fourth-order valence-corrected chi connectivity index (χ4v) is 2.38. The molecular formula is C15H14N2O2. The molecule has 0 atom stereocenters. The molecular weight excluding hydrogens is 240 g/mol.